The second kappa shape index (κ2) is 11.1. The summed E-state index contributed by atoms with van der Waals surface area (Å²) in [5.74, 6) is 0.495. The predicted molar refractivity (Wildman–Crippen MR) is 108 cm³/mol. The van der Waals surface area contributed by atoms with Crippen LogP contribution in [-0.4, -0.2) is 41.8 Å². The monoisotopic (exact) mass is 353 g/mol. The molecule has 0 spiro atoms. The summed E-state index contributed by atoms with van der Waals surface area (Å²) in [7, 11) is 0. The van der Waals surface area contributed by atoms with E-state index in [9.17, 15) is 10.2 Å². The molecule has 0 aromatic heterocycles. The Morgan fingerprint density at radius 3 is 1.62 bits per heavy atom. The molecule has 0 aliphatic heterocycles. The van der Waals surface area contributed by atoms with Crippen molar-refractivity contribution in [2.75, 3.05) is 13.1 Å². The van der Waals surface area contributed by atoms with Gasteiger partial charge in [0, 0.05) is 42.7 Å². The van der Waals surface area contributed by atoms with E-state index in [4.69, 9.17) is 5.73 Å². The quantitative estimate of drug-likeness (QED) is 0.451. The zero-order chi connectivity index (χ0) is 18.6. The topological polar surface area (TPSA) is 91.2 Å². The van der Waals surface area contributed by atoms with Gasteiger partial charge in [-0.1, -0.05) is 24.3 Å². The minimum Gasteiger partial charge on any atom is -0.507 e. The van der Waals surface area contributed by atoms with Crippen molar-refractivity contribution in [1.82, 2.24) is 0 Å². The van der Waals surface area contributed by atoms with Crippen molar-refractivity contribution < 1.29 is 10.2 Å². The summed E-state index contributed by atoms with van der Waals surface area (Å²) >= 11 is 0. The molecule has 0 atom stereocenters. The van der Waals surface area contributed by atoms with E-state index in [0.717, 1.165) is 36.8 Å². The molecule has 0 saturated carbocycles. The highest BCUT2D eigenvalue weighted by Crippen LogP contribution is 2.13. The summed E-state index contributed by atoms with van der Waals surface area (Å²) in [6, 6.07) is 14.4. The maximum absolute atomic E-state index is 9.65. The normalized spacial score (nSPS) is 12.8. The zero-order valence-corrected chi connectivity index (χ0v) is 15.0. The van der Waals surface area contributed by atoms with Crippen molar-refractivity contribution in [1.29, 1.82) is 0 Å². The van der Waals surface area contributed by atoms with Gasteiger partial charge in [-0.25, -0.2) is 0 Å². The lowest BCUT2D eigenvalue weighted by molar-refractivity contribution is 0.474. The summed E-state index contributed by atoms with van der Waals surface area (Å²) in [5, 5.41) is 19.3. The molecule has 0 saturated heterocycles. The lowest BCUT2D eigenvalue weighted by Gasteiger charge is -2.09. The van der Waals surface area contributed by atoms with Gasteiger partial charge in [0.05, 0.1) is 0 Å². The highest BCUT2D eigenvalue weighted by atomic mass is 16.3. The van der Waals surface area contributed by atoms with Gasteiger partial charge in [0.2, 0.25) is 0 Å². The van der Waals surface area contributed by atoms with Crippen LogP contribution in [0.5, 0.6) is 11.5 Å². The van der Waals surface area contributed by atoms with Crippen LogP contribution in [0, 0.1) is 0 Å². The van der Waals surface area contributed by atoms with Crippen LogP contribution in [0.15, 0.2) is 58.5 Å². The molecule has 138 valence electrons. The molecular formula is C21H27N3O2. The summed E-state index contributed by atoms with van der Waals surface area (Å²) < 4.78 is 0. The molecule has 0 fully saturated rings. The molecule has 26 heavy (non-hydrogen) atoms. The Morgan fingerprint density at radius 2 is 1.19 bits per heavy atom. The van der Waals surface area contributed by atoms with Crippen molar-refractivity contribution in [2.24, 2.45) is 15.7 Å². The first-order chi connectivity index (χ1) is 12.7. The van der Waals surface area contributed by atoms with Crippen molar-refractivity contribution in [3.05, 3.63) is 59.7 Å². The van der Waals surface area contributed by atoms with E-state index in [0.29, 0.717) is 13.1 Å². The van der Waals surface area contributed by atoms with E-state index in [1.165, 1.54) is 0 Å². The first-order valence-corrected chi connectivity index (χ1v) is 8.98. The smallest absolute Gasteiger partial charge is 0.124 e. The SMILES string of the molecule is NC(CCCN=Cc1ccccc1O)CCCN=Cc1ccccc1O. The largest absolute Gasteiger partial charge is 0.507 e. The molecule has 0 amide bonds. The van der Waals surface area contributed by atoms with Crippen molar-refractivity contribution in [3.63, 3.8) is 0 Å². The molecule has 4 N–H and O–H groups in total. The van der Waals surface area contributed by atoms with Crippen LogP contribution in [0.4, 0.5) is 0 Å². The number of benzene rings is 2. The summed E-state index contributed by atoms with van der Waals surface area (Å²) in [6.07, 6.45) is 7.09. The van der Waals surface area contributed by atoms with Crippen LogP contribution in [0.1, 0.15) is 36.8 Å². The minimum absolute atomic E-state index is 0.149. The number of hydrogen-bond donors (Lipinski definition) is 3. The highest BCUT2D eigenvalue weighted by molar-refractivity contribution is 5.83. The standard InChI is InChI=1S/C21H27N3O2/c22-19(9-5-13-23-15-17-7-1-3-11-20(17)25)10-6-14-24-16-18-8-2-4-12-21(18)26/h1-4,7-8,11-12,15-16,19,25-26H,5-6,9-10,13-14,22H2. The average Bonchev–Trinajstić information content (AvgIpc) is 2.64. The van der Waals surface area contributed by atoms with Gasteiger partial charge in [-0.3, -0.25) is 9.98 Å². The lowest BCUT2D eigenvalue weighted by atomic mass is 10.1. The number of phenolic OH excluding ortho intramolecular Hbond substituents is 2. The van der Waals surface area contributed by atoms with Gasteiger partial charge in [-0.05, 0) is 49.9 Å². The van der Waals surface area contributed by atoms with Gasteiger partial charge in [0.1, 0.15) is 11.5 Å². The molecule has 0 aliphatic carbocycles. The first kappa shape index (κ1) is 19.7. The molecule has 5 nitrogen and oxygen atoms in total. The van der Waals surface area contributed by atoms with Gasteiger partial charge in [-0.2, -0.15) is 0 Å². The number of nitrogens with zero attached hydrogens (tertiary/aromatic N) is 2. The lowest BCUT2D eigenvalue weighted by Crippen LogP contribution is -2.20. The van der Waals surface area contributed by atoms with Crippen molar-refractivity contribution >= 4 is 12.4 Å². The Bertz CT molecular complexity index is 667. The highest BCUT2D eigenvalue weighted by Gasteiger charge is 2.02. The Labute approximate surface area is 154 Å². The third kappa shape index (κ3) is 7.07. The molecular weight excluding hydrogens is 326 g/mol. The van der Waals surface area contributed by atoms with Crippen LogP contribution >= 0.6 is 0 Å². The minimum atomic E-state index is 0.149. The Hall–Kier alpha value is -2.66. The number of nitrogens with two attached hydrogens (primary N) is 1. The van der Waals surface area contributed by atoms with Crippen LogP contribution in [0.2, 0.25) is 0 Å². The number of para-hydroxylation sites is 2. The molecule has 2 rings (SSSR count). The van der Waals surface area contributed by atoms with Crippen molar-refractivity contribution in [3.8, 4) is 11.5 Å². The number of rotatable bonds is 10. The Kier molecular flexibility index (Phi) is 8.36. The fraction of sp³-hybridized carbons (Fsp3) is 0.333. The number of phenols is 2. The number of aliphatic imine (C=N–C) groups is 2. The fourth-order valence-electron chi connectivity index (χ4n) is 2.55. The third-order valence-corrected chi connectivity index (χ3v) is 4.06. The van der Waals surface area contributed by atoms with Gasteiger partial charge in [0.15, 0.2) is 0 Å². The molecule has 0 heterocycles. The molecule has 0 unspecified atom stereocenters. The molecule has 2 aromatic rings. The van der Waals surface area contributed by atoms with E-state index in [-0.39, 0.29) is 17.5 Å². The van der Waals surface area contributed by atoms with Crippen LogP contribution in [-0.2, 0) is 0 Å². The van der Waals surface area contributed by atoms with Gasteiger partial charge in [0.25, 0.3) is 0 Å². The Balaban J connectivity index is 1.57. The number of aromatic hydroxyl groups is 2. The number of hydrogen-bond acceptors (Lipinski definition) is 5. The van der Waals surface area contributed by atoms with Gasteiger partial charge < -0.3 is 15.9 Å². The first-order valence-electron chi connectivity index (χ1n) is 8.98. The van der Waals surface area contributed by atoms with Crippen LogP contribution < -0.4 is 5.73 Å². The Morgan fingerprint density at radius 1 is 0.769 bits per heavy atom. The third-order valence-electron chi connectivity index (χ3n) is 4.06. The second-order valence-corrected chi connectivity index (χ2v) is 6.23. The molecule has 0 bridgehead atoms. The molecule has 0 radical (unpaired) electrons. The second-order valence-electron chi connectivity index (χ2n) is 6.23. The molecule has 2 aromatic carbocycles. The van der Waals surface area contributed by atoms with E-state index >= 15 is 0 Å². The molecule has 5 heteroatoms. The fourth-order valence-corrected chi connectivity index (χ4v) is 2.55. The average molecular weight is 353 g/mol. The summed E-state index contributed by atoms with van der Waals surface area (Å²) in [4.78, 5) is 8.68. The van der Waals surface area contributed by atoms with Crippen molar-refractivity contribution in [2.45, 2.75) is 31.7 Å². The predicted octanol–water partition coefficient (Wildman–Crippen LogP) is 3.52. The van der Waals surface area contributed by atoms with E-state index in [1.54, 1.807) is 36.7 Å². The van der Waals surface area contributed by atoms with E-state index in [1.807, 2.05) is 24.3 Å². The zero-order valence-electron chi connectivity index (χ0n) is 15.0. The summed E-state index contributed by atoms with van der Waals surface area (Å²) in [5.41, 5.74) is 7.60. The van der Waals surface area contributed by atoms with Gasteiger partial charge in [-0.15, -0.1) is 0 Å². The molecule has 0 aliphatic rings. The van der Waals surface area contributed by atoms with Crippen LogP contribution in [0.25, 0.3) is 0 Å². The van der Waals surface area contributed by atoms with E-state index in [2.05, 4.69) is 9.98 Å². The maximum Gasteiger partial charge on any atom is 0.124 e. The van der Waals surface area contributed by atoms with Gasteiger partial charge >= 0.3 is 0 Å². The van der Waals surface area contributed by atoms with E-state index < -0.39 is 0 Å². The maximum atomic E-state index is 9.65. The summed E-state index contributed by atoms with van der Waals surface area (Å²) in [6.45, 7) is 1.40. The van der Waals surface area contributed by atoms with Crippen LogP contribution in [0.3, 0.4) is 0 Å².